The van der Waals surface area contributed by atoms with Gasteiger partial charge in [-0.3, -0.25) is 14.2 Å². The lowest BCUT2D eigenvalue weighted by atomic mass is 10.1. The lowest BCUT2D eigenvalue weighted by Crippen LogP contribution is -2.13. The fourth-order valence-electron chi connectivity index (χ4n) is 2.84. The van der Waals surface area contributed by atoms with Crippen LogP contribution in [-0.2, 0) is 11.2 Å². The van der Waals surface area contributed by atoms with Crippen LogP contribution in [-0.4, -0.2) is 32.2 Å². The number of alkyl halides is 3. The minimum Gasteiger partial charge on any atom is -0.505 e. The number of carbonyl (C=O) groups excluding carboxylic acids is 1. The number of carboxylic acid groups (broad SMARTS) is 1. The third kappa shape index (κ3) is 3.85. The first kappa shape index (κ1) is 20.2. The number of phenols is 1. The van der Waals surface area contributed by atoms with Crippen LogP contribution in [0.1, 0.15) is 20.9 Å². The van der Waals surface area contributed by atoms with Gasteiger partial charge in [-0.15, -0.1) is 11.3 Å². The largest absolute Gasteiger partial charge is 0.505 e. The highest BCUT2D eigenvalue weighted by Gasteiger charge is 2.31. The predicted molar refractivity (Wildman–Crippen MR) is 95.6 cm³/mol. The molecule has 0 atom stereocenters. The van der Waals surface area contributed by atoms with E-state index in [1.54, 1.807) is 0 Å². The maximum atomic E-state index is 13.9. The van der Waals surface area contributed by atoms with E-state index in [4.69, 9.17) is 5.11 Å². The lowest BCUT2D eigenvalue weighted by Gasteiger charge is -2.06. The number of thioether (sulfide) groups is 1. The van der Waals surface area contributed by atoms with Crippen LogP contribution in [0.3, 0.4) is 0 Å². The smallest absolute Gasteiger partial charge is 0.447 e. The van der Waals surface area contributed by atoms with Crippen molar-refractivity contribution in [3.8, 4) is 5.75 Å². The third-order valence-corrected chi connectivity index (χ3v) is 5.88. The van der Waals surface area contributed by atoms with Gasteiger partial charge < -0.3 is 10.2 Å². The Labute approximate surface area is 163 Å². The Balaban J connectivity index is 2.14. The van der Waals surface area contributed by atoms with Gasteiger partial charge in [-0.1, -0.05) is 0 Å². The van der Waals surface area contributed by atoms with Crippen molar-refractivity contribution in [3.05, 3.63) is 46.2 Å². The van der Waals surface area contributed by atoms with Crippen molar-refractivity contribution in [3.63, 3.8) is 0 Å². The average molecular weight is 433 g/mol. The molecule has 0 radical (unpaired) electrons. The molecular formula is C17H11F4NO4S2. The van der Waals surface area contributed by atoms with Gasteiger partial charge in [0, 0.05) is 17.1 Å². The second-order valence-electron chi connectivity index (χ2n) is 5.76. The molecule has 2 N–H and O–H groups in total. The van der Waals surface area contributed by atoms with Crippen LogP contribution < -0.4 is 0 Å². The maximum absolute atomic E-state index is 13.9. The Kier molecular flexibility index (Phi) is 5.15. The number of thiophene rings is 1. The van der Waals surface area contributed by atoms with E-state index < -0.39 is 35.4 Å². The number of aromatic hydroxyl groups is 1. The molecule has 0 unspecified atom stereocenters. The molecule has 1 aromatic carbocycles. The van der Waals surface area contributed by atoms with Crippen LogP contribution in [0.25, 0.3) is 10.9 Å². The van der Waals surface area contributed by atoms with Crippen molar-refractivity contribution in [1.29, 1.82) is 0 Å². The number of fused-ring (bicyclic) bond motifs is 1. The summed E-state index contributed by atoms with van der Waals surface area (Å²) in [4.78, 5) is 24.0. The normalized spacial score (nSPS) is 11.9. The highest BCUT2D eigenvalue weighted by molar-refractivity contribution is 8.02. The van der Waals surface area contributed by atoms with E-state index in [2.05, 4.69) is 0 Å². The molecule has 5 nitrogen and oxygen atoms in total. The zero-order valence-electron chi connectivity index (χ0n) is 14.0. The van der Waals surface area contributed by atoms with E-state index in [0.29, 0.717) is 11.3 Å². The number of phenolic OH excluding ortho intramolecular Hbond substituents is 1. The molecule has 0 bridgehead atoms. The van der Waals surface area contributed by atoms with Crippen molar-refractivity contribution < 1.29 is 37.4 Å². The Morgan fingerprint density at radius 1 is 1.25 bits per heavy atom. The number of aromatic nitrogens is 1. The summed E-state index contributed by atoms with van der Waals surface area (Å²) < 4.78 is 52.3. The standard InChI is InChI=1S/C17H11F4NO4S2/c1-7-8(5-14(24)25)9-4-12(23)10(18)6-11(9)22(7)16(26)13-2-3-15(27-13)28-17(19,20)21/h2-4,6,23H,5H2,1H3,(H,24,25). The first-order valence-corrected chi connectivity index (χ1v) is 9.25. The van der Waals surface area contributed by atoms with Crippen LogP contribution in [0, 0.1) is 12.7 Å². The summed E-state index contributed by atoms with van der Waals surface area (Å²) in [5.41, 5.74) is -4.08. The summed E-state index contributed by atoms with van der Waals surface area (Å²) in [6.45, 7) is 1.45. The van der Waals surface area contributed by atoms with Crippen LogP contribution >= 0.6 is 23.1 Å². The molecule has 0 aliphatic heterocycles. The van der Waals surface area contributed by atoms with Gasteiger partial charge in [-0.2, -0.15) is 13.2 Å². The molecule has 0 amide bonds. The number of halogens is 4. The summed E-state index contributed by atoms with van der Waals surface area (Å²) in [5, 5.41) is 18.9. The van der Waals surface area contributed by atoms with Gasteiger partial charge in [-0.05, 0) is 42.4 Å². The molecule has 2 heterocycles. The van der Waals surface area contributed by atoms with Crippen LogP contribution in [0.4, 0.5) is 17.6 Å². The zero-order chi connectivity index (χ0) is 20.8. The topological polar surface area (TPSA) is 79.5 Å². The molecule has 0 aliphatic rings. The lowest BCUT2D eigenvalue weighted by molar-refractivity contribution is -0.136. The van der Waals surface area contributed by atoms with Gasteiger partial charge in [-0.25, -0.2) is 4.39 Å². The molecule has 0 saturated heterocycles. The monoisotopic (exact) mass is 433 g/mol. The molecule has 0 fully saturated rings. The summed E-state index contributed by atoms with van der Waals surface area (Å²) in [6.07, 6.45) is -0.479. The van der Waals surface area contributed by atoms with Crippen molar-refractivity contribution >= 4 is 45.9 Å². The van der Waals surface area contributed by atoms with Crippen molar-refractivity contribution in [2.24, 2.45) is 0 Å². The Morgan fingerprint density at radius 3 is 2.54 bits per heavy atom. The van der Waals surface area contributed by atoms with E-state index in [9.17, 15) is 32.3 Å². The van der Waals surface area contributed by atoms with Gasteiger partial charge in [0.1, 0.15) is 0 Å². The Morgan fingerprint density at radius 2 is 1.93 bits per heavy atom. The second-order valence-corrected chi connectivity index (χ2v) is 8.21. The number of benzene rings is 1. The molecule has 11 heteroatoms. The van der Waals surface area contributed by atoms with Gasteiger partial charge in [0.25, 0.3) is 5.91 Å². The van der Waals surface area contributed by atoms with Gasteiger partial charge in [0.2, 0.25) is 0 Å². The van der Waals surface area contributed by atoms with Crippen LogP contribution in [0.2, 0.25) is 0 Å². The minimum absolute atomic E-state index is 0.0208. The SMILES string of the molecule is Cc1c(CC(=O)O)c2cc(O)c(F)cc2n1C(=O)c1ccc(SC(F)(F)F)s1. The highest BCUT2D eigenvalue weighted by atomic mass is 32.2. The van der Waals surface area contributed by atoms with E-state index in [1.807, 2.05) is 0 Å². The Bertz CT molecular complexity index is 1100. The number of aliphatic carboxylic acids is 1. The summed E-state index contributed by atoms with van der Waals surface area (Å²) >= 11 is 0.270. The van der Waals surface area contributed by atoms with E-state index in [-0.39, 0.29) is 43.0 Å². The third-order valence-electron chi connectivity index (χ3n) is 3.94. The quantitative estimate of drug-likeness (QED) is 0.457. The number of carbonyl (C=O) groups is 2. The number of nitrogens with zero attached hydrogens (tertiary/aromatic N) is 1. The van der Waals surface area contributed by atoms with Crippen LogP contribution in [0.15, 0.2) is 28.5 Å². The van der Waals surface area contributed by atoms with Crippen molar-refractivity contribution in [1.82, 2.24) is 4.57 Å². The Hall–Kier alpha value is -2.53. The molecule has 0 aliphatic carbocycles. The van der Waals surface area contributed by atoms with E-state index >= 15 is 0 Å². The molecule has 28 heavy (non-hydrogen) atoms. The maximum Gasteiger partial charge on any atom is 0.447 e. The number of rotatable bonds is 4. The van der Waals surface area contributed by atoms with Gasteiger partial charge >= 0.3 is 11.5 Å². The minimum atomic E-state index is -4.50. The van der Waals surface area contributed by atoms with Gasteiger partial charge in [0.15, 0.2) is 11.6 Å². The predicted octanol–water partition coefficient (Wildman–Crippen LogP) is 4.78. The van der Waals surface area contributed by atoms with E-state index in [0.717, 1.165) is 22.8 Å². The number of hydrogen-bond acceptors (Lipinski definition) is 5. The highest BCUT2D eigenvalue weighted by Crippen LogP contribution is 2.41. The zero-order valence-corrected chi connectivity index (χ0v) is 15.6. The average Bonchev–Trinajstić information content (AvgIpc) is 3.10. The van der Waals surface area contributed by atoms with Crippen LogP contribution in [0.5, 0.6) is 5.75 Å². The first-order valence-electron chi connectivity index (χ1n) is 7.62. The molecule has 0 spiro atoms. The summed E-state index contributed by atoms with van der Waals surface area (Å²) in [6, 6.07) is 4.29. The van der Waals surface area contributed by atoms with Gasteiger partial charge in [0.05, 0.1) is 21.0 Å². The summed E-state index contributed by atoms with van der Waals surface area (Å²) in [7, 11) is 0. The first-order chi connectivity index (χ1) is 13.0. The molecule has 2 aromatic heterocycles. The molecule has 148 valence electrons. The summed E-state index contributed by atoms with van der Waals surface area (Å²) in [5.74, 6) is -3.63. The molecule has 0 saturated carbocycles. The van der Waals surface area contributed by atoms with E-state index in [1.165, 1.54) is 13.0 Å². The van der Waals surface area contributed by atoms with Crippen molar-refractivity contribution in [2.45, 2.75) is 23.1 Å². The fourth-order valence-corrected chi connectivity index (χ4v) is 4.59. The molecule has 3 aromatic rings. The fraction of sp³-hybridized carbons (Fsp3) is 0.176. The number of carboxylic acids is 1. The van der Waals surface area contributed by atoms with Crippen molar-refractivity contribution in [2.75, 3.05) is 0 Å². The number of hydrogen-bond donors (Lipinski definition) is 2. The molecule has 3 rings (SSSR count). The second kappa shape index (κ2) is 7.13. The molecular weight excluding hydrogens is 422 g/mol.